The molecule has 0 fully saturated rings. The van der Waals surface area contributed by atoms with E-state index in [1.807, 2.05) is 30.0 Å². The summed E-state index contributed by atoms with van der Waals surface area (Å²) in [5.41, 5.74) is 1.19. The average molecular weight is 234 g/mol. The predicted molar refractivity (Wildman–Crippen MR) is 70.7 cm³/mol. The van der Waals surface area contributed by atoms with E-state index in [1.54, 1.807) is 0 Å². The zero-order valence-electron chi connectivity index (χ0n) is 10.8. The Balaban J connectivity index is 2.56. The van der Waals surface area contributed by atoms with Gasteiger partial charge in [-0.05, 0) is 18.5 Å². The molecule has 0 aliphatic carbocycles. The average Bonchev–Trinajstić information content (AvgIpc) is 2.36. The summed E-state index contributed by atoms with van der Waals surface area (Å²) in [5.74, 6) is 0.178. The van der Waals surface area contributed by atoms with Gasteiger partial charge in [-0.3, -0.25) is 4.79 Å². The van der Waals surface area contributed by atoms with Crippen molar-refractivity contribution in [1.82, 2.24) is 10.2 Å². The van der Waals surface area contributed by atoms with Crippen LogP contribution in [0, 0.1) is 0 Å². The molecule has 1 amide bonds. The van der Waals surface area contributed by atoms with E-state index in [0.29, 0.717) is 13.1 Å². The maximum atomic E-state index is 12.0. The Bertz CT molecular complexity index is 324. The summed E-state index contributed by atoms with van der Waals surface area (Å²) in [6.07, 6.45) is 0.991. The fraction of sp³-hybridized carbons (Fsp3) is 0.500. The number of nitrogens with one attached hydrogen (secondary N) is 1. The van der Waals surface area contributed by atoms with Gasteiger partial charge in [-0.2, -0.15) is 0 Å². The summed E-state index contributed by atoms with van der Waals surface area (Å²) in [5, 5.41) is 3.08. The zero-order chi connectivity index (χ0) is 12.5. The molecular formula is C14H22N2O. The Morgan fingerprint density at radius 3 is 2.53 bits per heavy atom. The van der Waals surface area contributed by atoms with Gasteiger partial charge >= 0.3 is 0 Å². The van der Waals surface area contributed by atoms with Crippen molar-refractivity contribution in [3.05, 3.63) is 35.9 Å². The Kier molecular flexibility index (Phi) is 6.33. The van der Waals surface area contributed by atoms with E-state index in [-0.39, 0.29) is 5.91 Å². The molecule has 0 radical (unpaired) electrons. The number of hydrogen-bond donors (Lipinski definition) is 1. The quantitative estimate of drug-likeness (QED) is 0.783. The van der Waals surface area contributed by atoms with Gasteiger partial charge in [0.05, 0.1) is 6.54 Å². The third kappa shape index (κ3) is 5.00. The molecule has 0 bridgehead atoms. The smallest absolute Gasteiger partial charge is 0.236 e. The summed E-state index contributed by atoms with van der Waals surface area (Å²) in [7, 11) is 0. The first kappa shape index (κ1) is 13.7. The molecule has 0 spiro atoms. The molecule has 0 unspecified atom stereocenters. The third-order valence-corrected chi connectivity index (χ3v) is 2.59. The van der Waals surface area contributed by atoms with Crippen LogP contribution in [-0.4, -0.2) is 30.4 Å². The molecule has 0 heterocycles. The van der Waals surface area contributed by atoms with Crippen molar-refractivity contribution in [2.24, 2.45) is 0 Å². The molecule has 0 saturated heterocycles. The van der Waals surface area contributed by atoms with E-state index in [9.17, 15) is 4.79 Å². The van der Waals surface area contributed by atoms with Crippen LogP contribution in [0.3, 0.4) is 0 Å². The van der Waals surface area contributed by atoms with Crippen LogP contribution in [0.5, 0.6) is 0 Å². The SMILES string of the molecule is CCCN(Cc1ccccc1)C(=O)CNCC. The van der Waals surface area contributed by atoms with Crippen molar-refractivity contribution >= 4 is 5.91 Å². The van der Waals surface area contributed by atoms with Gasteiger partial charge in [-0.1, -0.05) is 44.2 Å². The van der Waals surface area contributed by atoms with Gasteiger partial charge in [0.25, 0.3) is 0 Å². The summed E-state index contributed by atoms with van der Waals surface area (Å²) in [6.45, 7) is 6.89. The van der Waals surface area contributed by atoms with Crippen LogP contribution in [0.2, 0.25) is 0 Å². The zero-order valence-corrected chi connectivity index (χ0v) is 10.8. The van der Waals surface area contributed by atoms with Gasteiger partial charge in [-0.25, -0.2) is 0 Å². The summed E-state index contributed by atoms with van der Waals surface area (Å²) >= 11 is 0. The molecule has 0 aliphatic rings. The first-order chi connectivity index (χ1) is 8.27. The maximum Gasteiger partial charge on any atom is 0.236 e. The lowest BCUT2D eigenvalue weighted by Crippen LogP contribution is -2.38. The predicted octanol–water partition coefficient (Wildman–Crippen LogP) is 2.03. The molecule has 0 saturated carbocycles. The maximum absolute atomic E-state index is 12.0. The third-order valence-electron chi connectivity index (χ3n) is 2.59. The second-order valence-electron chi connectivity index (χ2n) is 4.08. The molecule has 3 nitrogen and oxygen atoms in total. The van der Waals surface area contributed by atoms with Crippen molar-refractivity contribution in [3.8, 4) is 0 Å². The molecule has 3 heteroatoms. The minimum Gasteiger partial charge on any atom is -0.337 e. The normalized spacial score (nSPS) is 10.2. The van der Waals surface area contributed by atoms with Gasteiger partial charge in [0.2, 0.25) is 5.91 Å². The van der Waals surface area contributed by atoms with Crippen molar-refractivity contribution in [2.45, 2.75) is 26.8 Å². The molecule has 1 aromatic carbocycles. The van der Waals surface area contributed by atoms with Crippen LogP contribution in [0.1, 0.15) is 25.8 Å². The van der Waals surface area contributed by atoms with E-state index in [2.05, 4.69) is 24.4 Å². The molecule has 0 aliphatic heterocycles. The number of likely N-dealkylation sites (N-methyl/N-ethyl adjacent to an activating group) is 1. The Morgan fingerprint density at radius 1 is 1.24 bits per heavy atom. The number of nitrogens with zero attached hydrogens (tertiary/aromatic N) is 1. The number of carbonyl (C=O) groups is 1. The second kappa shape index (κ2) is 7.85. The minimum atomic E-state index is 0.178. The summed E-state index contributed by atoms with van der Waals surface area (Å²) < 4.78 is 0. The lowest BCUT2D eigenvalue weighted by Gasteiger charge is -2.22. The highest BCUT2D eigenvalue weighted by molar-refractivity contribution is 5.78. The molecule has 0 aromatic heterocycles. The fourth-order valence-corrected chi connectivity index (χ4v) is 1.71. The van der Waals surface area contributed by atoms with Crippen molar-refractivity contribution in [3.63, 3.8) is 0 Å². The molecule has 1 N–H and O–H groups in total. The van der Waals surface area contributed by atoms with Gasteiger partial charge in [0.1, 0.15) is 0 Å². The Labute approximate surface area is 104 Å². The lowest BCUT2D eigenvalue weighted by atomic mass is 10.2. The van der Waals surface area contributed by atoms with Crippen LogP contribution in [0.15, 0.2) is 30.3 Å². The first-order valence-electron chi connectivity index (χ1n) is 6.30. The van der Waals surface area contributed by atoms with Crippen LogP contribution in [0.25, 0.3) is 0 Å². The van der Waals surface area contributed by atoms with Gasteiger partial charge in [0.15, 0.2) is 0 Å². The minimum absolute atomic E-state index is 0.178. The van der Waals surface area contributed by atoms with Crippen LogP contribution in [-0.2, 0) is 11.3 Å². The van der Waals surface area contributed by atoms with Crippen molar-refractivity contribution in [1.29, 1.82) is 0 Å². The molecule has 0 atom stereocenters. The molecule has 94 valence electrons. The summed E-state index contributed by atoms with van der Waals surface area (Å²) in [4.78, 5) is 13.9. The van der Waals surface area contributed by atoms with E-state index in [1.165, 1.54) is 5.56 Å². The monoisotopic (exact) mass is 234 g/mol. The topological polar surface area (TPSA) is 32.3 Å². The van der Waals surface area contributed by atoms with E-state index in [4.69, 9.17) is 0 Å². The number of carbonyl (C=O) groups excluding carboxylic acids is 1. The second-order valence-corrected chi connectivity index (χ2v) is 4.08. The molecule has 1 rings (SSSR count). The van der Waals surface area contributed by atoms with Crippen LogP contribution >= 0.6 is 0 Å². The highest BCUT2D eigenvalue weighted by Crippen LogP contribution is 2.05. The Morgan fingerprint density at radius 2 is 1.94 bits per heavy atom. The van der Waals surface area contributed by atoms with E-state index >= 15 is 0 Å². The number of benzene rings is 1. The van der Waals surface area contributed by atoms with Crippen molar-refractivity contribution in [2.75, 3.05) is 19.6 Å². The van der Waals surface area contributed by atoms with Gasteiger partial charge in [-0.15, -0.1) is 0 Å². The van der Waals surface area contributed by atoms with Crippen LogP contribution in [0.4, 0.5) is 0 Å². The number of rotatable bonds is 7. The van der Waals surface area contributed by atoms with Crippen LogP contribution < -0.4 is 5.32 Å². The number of hydrogen-bond acceptors (Lipinski definition) is 2. The van der Waals surface area contributed by atoms with Gasteiger partial charge < -0.3 is 10.2 Å². The highest BCUT2D eigenvalue weighted by Gasteiger charge is 2.11. The van der Waals surface area contributed by atoms with E-state index in [0.717, 1.165) is 19.5 Å². The summed E-state index contributed by atoms with van der Waals surface area (Å²) in [6, 6.07) is 10.1. The fourth-order valence-electron chi connectivity index (χ4n) is 1.71. The Hall–Kier alpha value is -1.35. The molecular weight excluding hydrogens is 212 g/mol. The highest BCUT2D eigenvalue weighted by atomic mass is 16.2. The lowest BCUT2D eigenvalue weighted by molar-refractivity contribution is -0.130. The van der Waals surface area contributed by atoms with Gasteiger partial charge in [0, 0.05) is 13.1 Å². The molecule has 1 aromatic rings. The molecule has 17 heavy (non-hydrogen) atoms. The first-order valence-corrected chi connectivity index (χ1v) is 6.30. The standard InChI is InChI=1S/C14H22N2O/c1-3-10-16(14(17)11-15-4-2)12-13-8-6-5-7-9-13/h5-9,15H,3-4,10-12H2,1-2H3. The van der Waals surface area contributed by atoms with Crippen molar-refractivity contribution < 1.29 is 4.79 Å². The van der Waals surface area contributed by atoms with E-state index < -0.39 is 0 Å². The number of amides is 1. The largest absolute Gasteiger partial charge is 0.337 e.